The Bertz CT molecular complexity index is 250. The summed E-state index contributed by atoms with van der Waals surface area (Å²) in [5, 5.41) is 2.96. The van der Waals surface area contributed by atoms with E-state index in [0.717, 1.165) is 31.0 Å². The van der Waals surface area contributed by atoms with Crippen LogP contribution in [0, 0.1) is 5.92 Å². The average Bonchev–Trinajstić information content (AvgIpc) is 2.61. The third-order valence-electron chi connectivity index (χ3n) is 2.73. The number of carbonyl (C=O) groups excluding carboxylic acids is 1. The van der Waals surface area contributed by atoms with Crippen molar-refractivity contribution in [2.45, 2.75) is 46.1 Å². The summed E-state index contributed by atoms with van der Waals surface area (Å²) in [6.07, 6.45) is 1.73. The van der Waals surface area contributed by atoms with E-state index in [1.54, 1.807) is 0 Å². The lowest BCUT2D eigenvalue weighted by molar-refractivity contribution is -0.0430. The topological polar surface area (TPSA) is 58.8 Å². The molecule has 1 heterocycles. The predicted molar refractivity (Wildman–Crippen MR) is 62.2 cm³/mol. The van der Waals surface area contributed by atoms with Gasteiger partial charge in [0, 0.05) is 13.1 Å². The molecule has 1 saturated heterocycles. The van der Waals surface area contributed by atoms with Gasteiger partial charge in [0.05, 0.1) is 0 Å². The van der Waals surface area contributed by atoms with E-state index in [9.17, 15) is 4.79 Å². The van der Waals surface area contributed by atoms with Crippen LogP contribution >= 0.6 is 0 Å². The van der Waals surface area contributed by atoms with Crippen molar-refractivity contribution in [2.75, 3.05) is 13.1 Å². The van der Waals surface area contributed by atoms with Crippen molar-refractivity contribution >= 4 is 6.09 Å². The molecule has 0 aromatic carbocycles. The average molecular weight is 229 g/mol. The van der Waals surface area contributed by atoms with Crippen molar-refractivity contribution in [3.8, 4) is 0 Å². The minimum Gasteiger partial charge on any atom is -0.442 e. The molecule has 1 fully saturated rings. The normalized spacial score (nSPS) is 22.2. The fraction of sp³-hybridized carbons (Fsp3) is 0.909. The van der Waals surface area contributed by atoms with E-state index in [0.29, 0.717) is 5.92 Å². The lowest BCUT2D eigenvalue weighted by atomic mass is 10.1. The van der Waals surface area contributed by atoms with Gasteiger partial charge in [-0.3, -0.25) is 0 Å². The van der Waals surface area contributed by atoms with Gasteiger partial charge in [-0.25, -0.2) is 15.6 Å². The van der Waals surface area contributed by atoms with Gasteiger partial charge in [-0.2, -0.15) is 5.12 Å². The first-order valence-corrected chi connectivity index (χ1v) is 5.86. The van der Waals surface area contributed by atoms with Crippen molar-refractivity contribution in [3.05, 3.63) is 0 Å². The summed E-state index contributed by atoms with van der Waals surface area (Å²) in [7, 11) is 0. The number of hydrazine groups is 2. The van der Waals surface area contributed by atoms with Gasteiger partial charge >= 0.3 is 6.09 Å². The first-order chi connectivity index (χ1) is 7.33. The molecule has 5 nitrogen and oxygen atoms in total. The number of rotatable bonds is 2. The highest BCUT2D eigenvalue weighted by molar-refractivity contribution is 5.66. The molecule has 1 unspecified atom stereocenters. The SMILES string of the molecule is CCC1CCN(N(N)C(=O)OC(C)(C)C)C1. The second kappa shape index (κ2) is 5.01. The van der Waals surface area contributed by atoms with Crippen molar-refractivity contribution in [1.29, 1.82) is 0 Å². The molecular formula is C11H23N3O2. The molecule has 0 spiro atoms. The number of hydrogen-bond donors (Lipinski definition) is 1. The van der Waals surface area contributed by atoms with Crippen LogP contribution in [0.5, 0.6) is 0 Å². The van der Waals surface area contributed by atoms with Crippen LogP contribution in [0.3, 0.4) is 0 Å². The second-order valence-electron chi connectivity index (χ2n) is 5.30. The standard InChI is InChI=1S/C11H23N3O2/c1-5-9-6-7-13(8-9)14(12)10(15)16-11(2,3)4/h9H,5-8,12H2,1-4H3. The second-order valence-corrected chi connectivity index (χ2v) is 5.30. The van der Waals surface area contributed by atoms with E-state index in [1.165, 1.54) is 0 Å². The Kier molecular flexibility index (Phi) is 4.15. The number of hydrogen-bond acceptors (Lipinski definition) is 4. The van der Waals surface area contributed by atoms with Gasteiger partial charge in [0.1, 0.15) is 5.60 Å². The molecule has 0 saturated carbocycles. The summed E-state index contributed by atoms with van der Waals surface area (Å²) in [5.41, 5.74) is -0.501. The fourth-order valence-electron chi connectivity index (χ4n) is 1.77. The molecule has 1 rings (SSSR count). The van der Waals surface area contributed by atoms with Crippen LogP contribution in [0.1, 0.15) is 40.5 Å². The summed E-state index contributed by atoms with van der Waals surface area (Å²) in [4.78, 5) is 11.7. The molecule has 0 aliphatic carbocycles. The number of nitrogens with two attached hydrogens (primary N) is 1. The van der Waals surface area contributed by atoms with E-state index >= 15 is 0 Å². The molecule has 2 N–H and O–H groups in total. The van der Waals surface area contributed by atoms with Crippen LogP contribution in [0.25, 0.3) is 0 Å². The number of carbonyl (C=O) groups is 1. The summed E-state index contributed by atoms with van der Waals surface area (Å²) >= 11 is 0. The van der Waals surface area contributed by atoms with Gasteiger partial charge in [0.15, 0.2) is 0 Å². The zero-order valence-corrected chi connectivity index (χ0v) is 10.7. The van der Waals surface area contributed by atoms with Gasteiger partial charge in [-0.15, -0.1) is 0 Å². The summed E-state index contributed by atoms with van der Waals surface area (Å²) in [6.45, 7) is 9.32. The van der Waals surface area contributed by atoms with Crippen LogP contribution in [0.2, 0.25) is 0 Å². The first kappa shape index (κ1) is 13.3. The van der Waals surface area contributed by atoms with Gasteiger partial charge in [0.2, 0.25) is 0 Å². The maximum atomic E-state index is 11.7. The molecule has 1 aliphatic heterocycles. The lowest BCUT2D eigenvalue weighted by Gasteiger charge is -2.29. The Hall–Kier alpha value is -0.810. The van der Waals surface area contributed by atoms with Crippen molar-refractivity contribution in [2.24, 2.45) is 11.8 Å². The maximum Gasteiger partial charge on any atom is 0.439 e. The summed E-state index contributed by atoms with van der Waals surface area (Å²) in [5.74, 6) is 6.36. The molecule has 0 aromatic heterocycles. The number of nitrogens with zero attached hydrogens (tertiary/aromatic N) is 2. The molecule has 1 aliphatic rings. The predicted octanol–water partition coefficient (Wildman–Crippen LogP) is 1.74. The van der Waals surface area contributed by atoms with Crippen LogP contribution in [0.15, 0.2) is 0 Å². The van der Waals surface area contributed by atoms with Crippen molar-refractivity contribution < 1.29 is 9.53 Å². The van der Waals surface area contributed by atoms with Crippen LogP contribution in [0.4, 0.5) is 4.79 Å². The fourth-order valence-corrected chi connectivity index (χ4v) is 1.77. The van der Waals surface area contributed by atoms with Crippen LogP contribution in [-0.4, -0.2) is 34.9 Å². The Morgan fingerprint density at radius 1 is 1.56 bits per heavy atom. The van der Waals surface area contributed by atoms with Crippen molar-refractivity contribution in [1.82, 2.24) is 10.1 Å². The quantitative estimate of drug-likeness (QED) is 0.445. The molecular weight excluding hydrogens is 206 g/mol. The first-order valence-electron chi connectivity index (χ1n) is 5.86. The van der Waals surface area contributed by atoms with Gasteiger partial charge < -0.3 is 4.74 Å². The minimum absolute atomic E-state index is 0.482. The minimum atomic E-state index is -0.501. The molecule has 0 radical (unpaired) electrons. The van der Waals surface area contributed by atoms with Crippen LogP contribution in [-0.2, 0) is 4.74 Å². The monoisotopic (exact) mass is 229 g/mol. The third kappa shape index (κ3) is 3.64. The van der Waals surface area contributed by atoms with Gasteiger partial charge in [0.25, 0.3) is 0 Å². The smallest absolute Gasteiger partial charge is 0.439 e. The third-order valence-corrected chi connectivity index (χ3v) is 2.73. The van der Waals surface area contributed by atoms with Crippen LogP contribution < -0.4 is 5.84 Å². The highest BCUT2D eigenvalue weighted by Gasteiger charge is 2.29. The molecule has 5 heteroatoms. The van der Waals surface area contributed by atoms with Gasteiger partial charge in [-0.05, 0) is 33.1 Å². The molecule has 1 amide bonds. The zero-order chi connectivity index (χ0) is 12.3. The number of amides is 1. The Morgan fingerprint density at radius 3 is 2.62 bits per heavy atom. The zero-order valence-electron chi connectivity index (χ0n) is 10.7. The summed E-state index contributed by atoms with van der Waals surface area (Å²) in [6, 6.07) is 0. The number of ether oxygens (including phenoxy) is 1. The largest absolute Gasteiger partial charge is 0.442 e. The Labute approximate surface area is 97.5 Å². The molecule has 0 aromatic rings. The highest BCUT2D eigenvalue weighted by atomic mass is 16.6. The molecule has 0 bridgehead atoms. The molecule has 94 valence electrons. The molecule has 16 heavy (non-hydrogen) atoms. The lowest BCUT2D eigenvalue weighted by Crippen LogP contribution is -2.51. The Balaban J connectivity index is 2.46. The van der Waals surface area contributed by atoms with E-state index < -0.39 is 11.7 Å². The van der Waals surface area contributed by atoms with E-state index in [1.807, 2.05) is 25.8 Å². The summed E-state index contributed by atoms with van der Waals surface area (Å²) < 4.78 is 5.20. The Morgan fingerprint density at radius 2 is 2.19 bits per heavy atom. The molecule has 1 atom stereocenters. The van der Waals surface area contributed by atoms with E-state index in [4.69, 9.17) is 10.6 Å². The van der Waals surface area contributed by atoms with Gasteiger partial charge in [-0.1, -0.05) is 13.3 Å². The van der Waals surface area contributed by atoms with E-state index in [-0.39, 0.29) is 0 Å². The van der Waals surface area contributed by atoms with Crippen molar-refractivity contribution in [3.63, 3.8) is 0 Å². The van der Waals surface area contributed by atoms with E-state index in [2.05, 4.69) is 6.92 Å². The maximum absolute atomic E-state index is 11.7. The highest BCUT2D eigenvalue weighted by Crippen LogP contribution is 2.20.